The van der Waals surface area contributed by atoms with Crippen molar-refractivity contribution in [1.82, 2.24) is 4.31 Å². The lowest BCUT2D eigenvalue weighted by Gasteiger charge is -2.14. The molecule has 0 unspecified atom stereocenters. The first-order chi connectivity index (χ1) is 11.4. The number of amides is 1. The smallest absolute Gasteiger partial charge is 0.240 e. The molecule has 8 heteroatoms. The first-order valence-electron chi connectivity index (χ1n) is 6.89. The Bertz CT molecular complexity index is 881. The lowest BCUT2D eigenvalue weighted by molar-refractivity contribution is -0.116. The van der Waals surface area contributed by atoms with Gasteiger partial charge in [-0.25, -0.2) is 8.42 Å². The van der Waals surface area contributed by atoms with E-state index in [1.165, 1.54) is 24.5 Å². The second kappa shape index (κ2) is 7.88. The number of sulfonamides is 1. The molecule has 0 aliphatic heterocycles. The number of thiophene rings is 1. The Balaban J connectivity index is 2.00. The summed E-state index contributed by atoms with van der Waals surface area (Å²) in [4.78, 5) is 12.0. The molecular weight excluding hydrogens is 346 g/mol. The third kappa shape index (κ3) is 4.76. The van der Waals surface area contributed by atoms with E-state index in [2.05, 4.69) is 5.32 Å². The second-order valence-corrected chi connectivity index (χ2v) is 7.68. The lowest BCUT2D eigenvalue weighted by Crippen LogP contribution is -2.33. The number of carbonyl (C=O) groups is 1. The minimum Gasteiger partial charge on any atom is -0.315 e. The molecular formula is C16H15N3O3S2. The standard InChI is InChI=1S/C16H15N3O3S2/c1-19(12-15(20)18-16-14(11-17)7-9-23-16)24(21,22)10-8-13-5-3-2-4-6-13/h2-10H,12H2,1H3,(H,18,20)/b10-8+. The zero-order valence-corrected chi connectivity index (χ0v) is 14.5. The maximum atomic E-state index is 12.2. The van der Waals surface area contributed by atoms with E-state index in [9.17, 15) is 13.2 Å². The summed E-state index contributed by atoms with van der Waals surface area (Å²) in [5.74, 6) is -0.506. The van der Waals surface area contributed by atoms with Gasteiger partial charge < -0.3 is 5.32 Å². The summed E-state index contributed by atoms with van der Waals surface area (Å²) in [6.07, 6.45) is 1.47. The number of nitrogens with zero attached hydrogens (tertiary/aromatic N) is 2. The largest absolute Gasteiger partial charge is 0.315 e. The SMILES string of the molecule is CN(CC(=O)Nc1sccc1C#N)S(=O)(=O)/C=C/c1ccccc1. The molecule has 2 aromatic rings. The van der Waals surface area contributed by atoms with Gasteiger partial charge in [0.1, 0.15) is 11.1 Å². The summed E-state index contributed by atoms with van der Waals surface area (Å²) in [5, 5.41) is 14.6. The fourth-order valence-corrected chi connectivity index (χ4v) is 3.37. The third-order valence-electron chi connectivity index (χ3n) is 3.07. The Morgan fingerprint density at radius 2 is 2.04 bits per heavy atom. The predicted octanol–water partition coefficient (Wildman–Crippen LogP) is 2.49. The molecule has 1 amide bonds. The molecule has 0 saturated carbocycles. The quantitative estimate of drug-likeness (QED) is 0.856. The van der Waals surface area contributed by atoms with Gasteiger partial charge in [-0.05, 0) is 23.1 Å². The van der Waals surface area contributed by atoms with Crippen molar-refractivity contribution in [3.05, 3.63) is 58.3 Å². The molecule has 0 bridgehead atoms. The van der Waals surface area contributed by atoms with Gasteiger partial charge in [-0.3, -0.25) is 4.79 Å². The minimum absolute atomic E-state index is 0.343. The maximum Gasteiger partial charge on any atom is 0.240 e. The highest BCUT2D eigenvalue weighted by molar-refractivity contribution is 7.92. The van der Waals surface area contributed by atoms with Crippen LogP contribution in [0.15, 0.2) is 47.2 Å². The average Bonchev–Trinajstić information content (AvgIpc) is 3.01. The van der Waals surface area contributed by atoms with Crippen LogP contribution in [0.2, 0.25) is 0 Å². The van der Waals surface area contributed by atoms with E-state index < -0.39 is 15.9 Å². The lowest BCUT2D eigenvalue weighted by atomic mass is 10.2. The molecule has 6 nitrogen and oxygen atoms in total. The summed E-state index contributed by atoms with van der Waals surface area (Å²) in [6, 6.07) is 12.5. The van der Waals surface area contributed by atoms with Gasteiger partial charge in [0, 0.05) is 12.5 Å². The number of benzene rings is 1. The topological polar surface area (TPSA) is 90.3 Å². The van der Waals surface area contributed by atoms with E-state index >= 15 is 0 Å². The Kier molecular flexibility index (Phi) is 5.87. The molecule has 1 heterocycles. The van der Waals surface area contributed by atoms with E-state index in [4.69, 9.17) is 5.26 Å². The van der Waals surface area contributed by atoms with E-state index in [1.54, 1.807) is 35.7 Å². The molecule has 24 heavy (non-hydrogen) atoms. The molecule has 0 aliphatic carbocycles. The normalized spacial score (nSPS) is 11.5. The van der Waals surface area contributed by atoms with Crippen molar-refractivity contribution in [3.8, 4) is 6.07 Å². The average molecular weight is 361 g/mol. The molecule has 0 fully saturated rings. The summed E-state index contributed by atoms with van der Waals surface area (Å²) < 4.78 is 25.3. The van der Waals surface area contributed by atoms with Gasteiger partial charge in [0.25, 0.3) is 0 Å². The number of nitrogens with one attached hydrogen (secondary N) is 1. The van der Waals surface area contributed by atoms with Gasteiger partial charge in [-0.2, -0.15) is 9.57 Å². The van der Waals surface area contributed by atoms with E-state index in [0.717, 1.165) is 15.3 Å². The van der Waals surface area contributed by atoms with E-state index in [1.807, 2.05) is 12.1 Å². The zero-order valence-electron chi connectivity index (χ0n) is 12.8. The van der Waals surface area contributed by atoms with Crippen molar-refractivity contribution in [1.29, 1.82) is 5.26 Å². The van der Waals surface area contributed by atoms with Crippen LogP contribution in [0.25, 0.3) is 6.08 Å². The van der Waals surface area contributed by atoms with Crippen LogP contribution >= 0.6 is 11.3 Å². The van der Waals surface area contributed by atoms with Gasteiger partial charge in [0.15, 0.2) is 0 Å². The molecule has 1 aromatic carbocycles. The second-order valence-electron chi connectivity index (χ2n) is 4.84. The van der Waals surface area contributed by atoms with Crippen LogP contribution < -0.4 is 5.32 Å². The highest BCUT2D eigenvalue weighted by Gasteiger charge is 2.18. The van der Waals surface area contributed by atoms with Crippen molar-refractivity contribution >= 4 is 38.3 Å². The van der Waals surface area contributed by atoms with Crippen LogP contribution in [0.1, 0.15) is 11.1 Å². The molecule has 0 saturated heterocycles. The fourth-order valence-electron chi connectivity index (χ4n) is 1.79. The predicted molar refractivity (Wildman–Crippen MR) is 94.7 cm³/mol. The Labute approximate surface area is 144 Å². The molecule has 1 N–H and O–H groups in total. The molecule has 1 aromatic heterocycles. The Morgan fingerprint density at radius 1 is 1.33 bits per heavy atom. The third-order valence-corrected chi connectivity index (χ3v) is 5.38. The molecule has 0 aliphatic rings. The summed E-state index contributed by atoms with van der Waals surface area (Å²) in [6.45, 7) is -0.343. The van der Waals surface area contributed by atoms with Crippen LogP contribution in [0.3, 0.4) is 0 Å². The number of likely N-dealkylation sites (N-methyl/N-ethyl adjacent to an activating group) is 1. The number of anilines is 1. The van der Waals surface area contributed by atoms with Crippen molar-refractivity contribution < 1.29 is 13.2 Å². The van der Waals surface area contributed by atoms with Crippen LogP contribution in [0.4, 0.5) is 5.00 Å². The first-order valence-corrected chi connectivity index (χ1v) is 9.27. The Hall–Kier alpha value is -2.47. The van der Waals surface area contributed by atoms with Gasteiger partial charge in [-0.1, -0.05) is 30.3 Å². The summed E-state index contributed by atoms with van der Waals surface area (Å²) in [5.41, 5.74) is 1.10. The van der Waals surface area contributed by atoms with Crippen LogP contribution in [-0.4, -0.2) is 32.2 Å². The number of nitriles is 1. The van der Waals surface area contributed by atoms with Gasteiger partial charge >= 0.3 is 0 Å². The molecule has 0 spiro atoms. The fraction of sp³-hybridized carbons (Fsp3) is 0.125. The zero-order chi connectivity index (χ0) is 17.6. The monoisotopic (exact) mass is 361 g/mol. The van der Waals surface area contributed by atoms with Crippen molar-refractivity contribution in [2.45, 2.75) is 0 Å². The maximum absolute atomic E-state index is 12.2. The number of carbonyl (C=O) groups excluding carboxylic acids is 1. The molecule has 0 radical (unpaired) electrons. The number of hydrogen-bond donors (Lipinski definition) is 1. The van der Waals surface area contributed by atoms with Gasteiger partial charge in [0.05, 0.1) is 12.1 Å². The van der Waals surface area contributed by atoms with E-state index in [-0.39, 0.29) is 6.54 Å². The van der Waals surface area contributed by atoms with Crippen molar-refractivity contribution in [2.75, 3.05) is 18.9 Å². The van der Waals surface area contributed by atoms with Crippen LogP contribution in [-0.2, 0) is 14.8 Å². The van der Waals surface area contributed by atoms with Gasteiger partial charge in [-0.15, -0.1) is 11.3 Å². The number of hydrogen-bond acceptors (Lipinski definition) is 5. The summed E-state index contributed by atoms with van der Waals surface area (Å²) >= 11 is 1.21. The highest BCUT2D eigenvalue weighted by Crippen LogP contribution is 2.22. The van der Waals surface area contributed by atoms with Crippen molar-refractivity contribution in [2.24, 2.45) is 0 Å². The molecule has 124 valence electrons. The summed E-state index contributed by atoms with van der Waals surface area (Å²) in [7, 11) is -2.39. The Morgan fingerprint density at radius 3 is 2.71 bits per heavy atom. The van der Waals surface area contributed by atoms with Crippen LogP contribution in [0.5, 0.6) is 0 Å². The molecule has 2 rings (SSSR count). The van der Waals surface area contributed by atoms with E-state index in [0.29, 0.717) is 10.6 Å². The first kappa shape index (κ1) is 17.9. The highest BCUT2D eigenvalue weighted by atomic mass is 32.2. The van der Waals surface area contributed by atoms with Gasteiger partial charge in [0.2, 0.25) is 15.9 Å². The minimum atomic E-state index is -3.72. The molecule has 0 atom stereocenters. The van der Waals surface area contributed by atoms with Crippen molar-refractivity contribution in [3.63, 3.8) is 0 Å². The van der Waals surface area contributed by atoms with Crippen LogP contribution in [0, 0.1) is 11.3 Å². The number of rotatable bonds is 6.